The van der Waals surface area contributed by atoms with Crippen LogP contribution in [0.1, 0.15) is 45.2 Å². The first kappa shape index (κ1) is 30.2. The number of nitrogens with zero attached hydrogens (tertiary/aromatic N) is 2. The average Bonchev–Trinajstić information content (AvgIpc) is 2.92. The van der Waals surface area contributed by atoms with Crippen molar-refractivity contribution in [2.24, 2.45) is 0 Å². The lowest BCUT2D eigenvalue weighted by molar-refractivity contribution is -0.140. The van der Waals surface area contributed by atoms with Crippen LogP contribution in [0.3, 0.4) is 0 Å². The lowest BCUT2D eigenvalue weighted by Crippen LogP contribution is -2.53. The molecule has 0 aliphatic rings. The number of sulfonamides is 1. The highest BCUT2D eigenvalue weighted by atomic mass is 35.5. The molecule has 0 fully saturated rings. The van der Waals surface area contributed by atoms with Crippen molar-refractivity contribution in [3.05, 3.63) is 95.0 Å². The molecule has 208 valence electrons. The fraction of sp³-hybridized carbons (Fsp3) is 0.333. The second-order valence-electron chi connectivity index (χ2n) is 9.51. The van der Waals surface area contributed by atoms with Gasteiger partial charge in [0.05, 0.1) is 10.6 Å². The summed E-state index contributed by atoms with van der Waals surface area (Å²) >= 11 is 6.43. The number of anilines is 1. The molecule has 0 radical (unpaired) electrons. The molecular formula is C30H36ClN3O4S. The van der Waals surface area contributed by atoms with E-state index >= 15 is 0 Å². The maximum Gasteiger partial charge on any atom is 0.264 e. The number of hydrogen-bond acceptors (Lipinski definition) is 4. The molecule has 0 aliphatic carbocycles. The predicted octanol–water partition coefficient (Wildman–Crippen LogP) is 5.43. The number of para-hydroxylation sites is 1. The Morgan fingerprint density at radius 1 is 0.872 bits per heavy atom. The van der Waals surface area contributed by atoms with Crippen molar-refractivity contribution in [3.8, 4) is 0 Å². The molecule has 0 bridgehead atoms. The Hall–Kier alpha value is -3.36. The van der Waals surface area contributed by atoms with Crippen LogP contribution in [0, 0.1) is 0 Å². The van der Waals surface area contributed by atoms with Gasteiger partial charge in [-0.25, -0.2) is 8.42 Å². The van der Waals surface area contributed by atoms with Crippen molar-refractivity contribution in [3.63, 3.8) is 0 Å². The minimum absolute atomic E-state index is 0.0528. The molecule has 0 saturated heterocycles. The SMILES string of the molecule is CCc1ccccc1N(CC(=O)N(Cc1ccccc1Cl)C(CC)C(=O)NC(C)C)S(=O)(=O)c1ccccc1. The lowest BCUT2D eigenvalue weighted by atomic mass is 10.1. The third kappa shape index (κ3) is 7.40. The number of carbonyl (C=O) groups excluding carboxylic acids is 2. The molecule has 1 unspecified atom stereocenters. The van der Waals surface area contributed by atoms with Gasteiger partial charge in [0, 0.05) is 17.6 Å². The second-order valence-corrected chi connectivity index (χ2v) is 11.8. The number of halogens is 1. The Morgan fingerprint density at radius 2 is 1.46 bits per heavy atom. The van der Waals surface area contributed by atoms with Crippen molar-refractivity contribution in [2.75, 3.05) is 10.8 Å². The normalized spacial score (nSPS) is 12.2. The van der Waals surface area contributed by atoms with E-state index in [1.165, 1.54) is 17.0 Å². The number of aryl methyl sites for hydroxylation is 1. The zero-order chi connectivity index (χ0) is 28.6. The Kier molecular flexibility index (Phi) is 10.5. The Balaban J connectivity index is 2.10. The third-order valence-electron chi connectivity index (χ3n) is 6.37. The van der Waals surface area contributed by atoms with Gasteiger partial charge < -0.3 is 10.2 Å². The number of amides is 2. The van der Waals surface area contributed by atoms with Crippen LogP contribution in [0.4, 0.5) is 5.69 Å². The predicted molar refractivity (Wildman–Crippen MR) is 156 cm³/mol. The standard InChI is InChI=1S/C30H36ClN3O4S/c1-5-23-14-11-13-19-28(23)34(39(37,38)25-16-8-7-9-17-25)21-29(35)33(20-24-15-10-12-18-26(24)31)27(6-2)30(36)32-22(3)4/h7-19,22,27H,5-6,20-21H2,1-4H3,(H,32,36). The summed E-state index contributed by atoms with van der Waals surface area (Å²) in [6.07, 6.45) is 0.911. The molecule has 1 atom stereocenters. The first-order valence-corrected chi connectivity index (χ1v) is 14.9. The number of nitrogens with one attached hydrogen (secondary N) is 1. The number of carbonyl (C=O) groups is 2. The maximum absolute atomic E-state index is 14.1. The Bertz CT molecular complexity index is 1380. The van der Waals surface area contributed by atoms with E-state index in [2.05, 4.69) is 5.32 Å². The van der Waals surface area contributed by atoms with Crippen LogP contribution in [0.15, 0.2) is 83.8 Å². The van der Waals surface area contributed by atoms with Crippen LogP contribution in [-0.4, -0.2) is 43.8 Å². The Labute approximate surface area is 236 Å². The highest BCUT2D eigenvalue weighted by Crippen LogP contribution is 2.28. The second kappa shape index (κ2) is 13.6. The van der Waals surface area contributed by atoms with Gasteiger partial charge in [0.2, 0.25) is 11.8 Å². The van der Waals surface area contributed by atoms with Crippen LogP contribution in [0.5, 0.6) is 0 Å². The van der Waals surface area contributed by atoms with E-state index in [1.807, 2.05) is 45.9 Å². The zero-order valence-electron chi connectivity index (χ0n) is 22.8. The number of benzene rings is 3. The molecule has 0 saturated carbocycles. The van der Waals surface area contributed by atoms with E-state index in [0.29, 0.717) is 29.1 Å². The molecule has 1 N–H and O–H groups in total. The van der Waals surface area contributed by atoms with Gasteiger partial charge in [-0.05, 0) is 62.1 Å². The van der Waals surface area contributed by atoms with Crippen molar-refractivity contribution in [2.45, 2.75) is 64.1 Å². The molecule has 3 aromatic carbocycles. The van der Waals surface area contributed by atoms with Crippen LogP contribution in [0.2, 0.25) is 5.02 Å². The lowest BCUT2D eigenvalue weighted by Gasteiger charge is -2.34. The Morgan fingerprint density at radius 3 is 2.05 bits per heavy atom. The summed E-state index contributed by atoms with van der Waals surface area (Å²) in [5.74, 6) is -0.814. The van der Waals surface area contributed by atoms with Crippen LogP contribution in [0.25, 0.3) is 0 Å². The highest BCUT2D eigenvalue weighted by Gasteiger charge is 2.34. The van der Waals surface area contributed by atoms with Gasteiger partial charge in [-0.3, -0.25) is 13.9 Å². The van der Waals surface area contributed by atoms with Crippen molar-refractivity contribution < 1.29 is 18.0 Å². The average molecular weight is 570 g/mol. The number of rotatable bonds is 12. The van der Waals surface area contributed by atoms with E-state index < -0.39 is 28.5 Å². The largest absolute Gasteiger partial charge is 0.352 e. The highest BCUT2D eigenvalue weighted by molar-refractivity contribution is 7.92. The molecule has 0 aromatic heterocycles. The van der Waals surface area contributed by atoms with Crippen molar-refractivity contribution in [1.82, 2.24) is 10.2 Å². The summed E-state index contributed by atoms with van der Waals surface area (Å²) < 4.78 is 29.0. The fourth-order valence-electron chi connectivity index (χ4n) is 4.40. The van der Waals surface area contributed by atoms with Crippen molar-refractivity contribution >= 4 is 39.1 Å². The molecule has 2 amide bonds. The van der Waals surface area contributed by atoms with Gasteiger partial charge in [0.1, 0.15) is 12.6 Å². The molecule has 3 rings (SSSR count). The van der Waals surface area contributed by atoms with Gasteiger partial charge in [0.25, 0.3) is 10.0 Å². The molecule has 0 spiro atoms. The summed E-state index contributed by atoms with van der Waals surface area (Å²) in [6.45, 7) is 7.02. The quantitative estimate of drug-likeness (QED) is 0.315. The molecule has 0 aliphatic heterocycles. The smallest absolute Gasteiger partial charge is 0.264 e. The van der Waals surface area contributed by atoms with E-state index in [9.17, 15) is 18.0 Å². The molecule has 0 heterocycles. The van der Waals surface area contributed by atoms with Crippen LogP contribution < -0.4 is 9.62 Å². The van der Waals surface area contributed by atoms with Gasteiger partial charge in [-0.2, -0.15) is 0 Å². The summed E-state index contributed by atoms with van der Waals surface area (Å²) in [5.41, 5.74) is 1.87. The van der Waals surface area contributed by atoms with E-state index in [4.69, 9.17) is 11.6 Å². The molecule has 9 heteroatoms. The molecular weight excluding hydrogens is 534 g/mol. The number of hydrogen-bond donors (Lipinski definition) is 1. The van der Waals surface area contributed by atoms with Crippen molar-refractivity contribution in [1.29, 1.82) is 0 Å². The third-order valence-corrected chi connectivity index (χ3v) is 8.51. The van der Waals surface area contributed by atoms with Gasteiger partial charge in [-0.15, -0.1) is 0 Å². The van der Waals surface area contributed by atoms with Crippen LogP contribution in [-0.2, 0) is 32.6 Å². The van der Waals surface area contributed by atoms with E-state index in [1.54, 1.807) is 48.5 Å². The summed E-state index contributed by atoms with van der Waals surface area (Å²) in [4.78, 5) is 28.8. The van der Waals surface area contributed by atoms with Crippen LogP contribution >= 0.6 is 11.6 Å². The summed E-state index contributed by atoms with van der Waals surface area (Å²) in [7, 11) is -4.11. The van der Waals surface area contributed by atoms with Gasteiger partial charge >= 0.3 is 0 Å². The minimum Gasteiger partial charge on any atom is -0.352 e. The van der Waals surface area contributed by atoms with E-state index in [0.717, 1.165) is 9.87 Å². The monoisotopic (exact) mass is 569 g/mol. The first-order chi connectivity index (χ1) is 18.6. The molecule has 3 aromatic rings. The summed E-state index contributed by atoms with van der Waals surface area (Å²) in [5, 5.41) is 3.35. The van der Waals surface area contributed by atoms with Gasteiger partial charge in [0.15, 0.2) is 0 Å². The topological polar surface area (TPSA) is 86.8 Å². The van der Waals surface area contributed by atoms with Gasteiger partial charge in [-0.1, -0.05) is 80.0 Å². The minimum atomic E-state index is -4.11. The maximum atomic E-state index is 14.1. The zero-order valence-corrected chi connectivity index (χ0v) is 24.4. The van der Waals surface area contributed by atoms with E-state index in [-0.39, 0.29) is 23.4 Å². The molecule has 39 heavy (non-hydrogen) atoms. The fourth-order valence-corrected chi connectivity index (χ4v) is 6.06. The first-order valence-electron chi connectivity index (χ1n) is 13.1. The summed E-state index contributed by atoms with van der Waals surface area (Å²) in [6, 6.07) is 21.3. The molecule has 7 nitrogen and oxygen atoms in total.